The normalized spacial score (nSPS) is 8.49. The average molecular weight is 1260 g/mol. The van der Waals surface area contributed by atoms with Crippen LogP contribution in [-0.2, 0) is 101 Å². The molecule has 502 valence electrons. The zero-order valence-electron chi connectivity index (χ0n) is 57.0. The first-order valence-corrected chi connectivity index (χ1v) is 29.2. The Morgan fingerprint density at radius 2 is 0.495 bits per heavy atom. The van der Waals surface area contributed by atoms with E-state index in [-0.39, 0.29) is 29.8 Å². The van der Waals surface area contributed by atoms with Gasteiger partial charge in [0.15, 0.2) is 0 Å². The number of hydrogen-bond donors (Lipinski definition) is 3. The van der Waals surface area contributed by atoms with Gasteiger partial charge in [-0.1, -0.05) is 221 Å². The van der Waals surface area contributed by atoms with Gasteiger partial charge in [0, 0.05) is 75.5 Å². The maximum atomic E-state index is 10.9. The summed E-state index contributed by atoms with van der Waals surface area (Å²) in [4.78, 5) is 67.7. The van der Waals surface area contributed by atoms with Gasteiger partial charge in [0.25, 0.3) is 17.8 Å². The number of carbonyl (C=O) groups excluding carboxylic acids is 5. The van der Waals surface area contributed by atoms with Crippen LogP contribution < -0.4 is 5.32 Å². The maximum absolute atomic E-state index is 10.9. The molecule has 17 heteroatoms. The van der Waals surface area contributed by atoms with Crippen molar-refractivity contribution in [1.29, 1.82) is 0 Å². The van der Waals surface area contributed by atoms with E-state index >= 15 is 0 Å². The Labute approximate surface area is 544 Å². The van der Waals surface area contributed by atoms with Crippen LogP contribution in [0.4, 0.5) is 0 Å². The van der Waals surface area contributed by atoms with E-state index in [4.69, 9.17) is 34.0 Å². The zero-order valence-corrected chi connectivity index (χ0v) is 57.0. The fourth-order valence-electron chi connectivity index (χ4n) is 5.50. The number of esters is 4. The quantitative estimate of drug-likeness (QED) is 0.0762. The fourth-order valence-corrected chi connectivity index (χ4v) is 5.50. The van der Waals surface area contributed by atoms with E-state index in [1.165, 1.54) is 75.3 Å². The third kappa shape index (κ3) is 82.8. The Bertz CT molecular complexity index is 2460. The molecule has 7 aromatic rings. The minimum Gasteiger partial charge on any atom is -0.481 e. The molecular weight excluding hydrogens is 1160 g/mol. The van der Waals surface area contributed by atoms with Crippen LogP contribution in [0, 0.1) is 0 Å². The number of carbonyl (C=O) groups is 7. The second-order valence-electron chi connectivity index (χ2n) is 17.5. The Morgan fingerprint density at radius 3 is 0.604 bits per heavy atom. The van der Waals surface area contributed by atoms with Gasteiger partial charge in [-0.3, -0.25) is 33.6 Å². The van der Waals surface area contributed by atoms with Gasteiger partial charge in [0.1, 0.15) is 0 Å². The number of carboxylic acids is 2. The van der Waals surface area contributed by atoms with Crippen LogP contribution >= 0.6 is 0 Å². The van der Waals surface area contributed by atoms with Crippen LogP contribution in [0.15, 0.2) is 212 Å². The molecule has 17 nitrogen and oxygen atoms in total. The van der Waals surface area contributed by atoms with E-state index < -0.39 is 11.9 Å². The number of nitrogens with one attached hydrogen (secondary N) is 1. The summed E-state index contributed by atoms with van der Waals surface area (Å²) < 4.78 is 31.8. The van der Waals surface area contributed by atoms with Gasteiger partial charge in [-0.25, -0.2) is 0 Å². The number of aliphatic carboxylic acids is 2. The molecule has 0 aliphatic heterocycles. The predicted octanol–water partition coefficient (Wildman–Crippen LogP) is 15.0. The van der Waals surface area contributed by atoms with E-state index in [1.807, 2.05) is 127 Å². The van der Waals surface area contributed by atoms with Gasteiger partial charge in [0.2, 0.25) is 0 Å². The monoisotopic (exact) mass is 1260 g/mol. The molecule has 7 aromatic carbocycles. The van der Waals surface area contributed by atoms with Gasteiger partial charge in [-0.15, -0.1) is 0 Å². The summed E-state index contributed by atoms with van der Waals surface area (Å²) in [5.74, 6) is -2.62. The lowest BCUT2D eigenvalue weighted by molar-refractivity contribution is -0.141. The van der Waals surface area contributed by atoms with Crippen molar-refractivity contribution in [3.05, 3.63) is 251 Å². The Hall–Kier alpha value is -9.29. The lowest BCUT2D eigenvalue weighted by Gasteiger charge is -1.96. The second-order valence-corrected chi connectivity index (χ2v) is 17.5. The molecule has 0 spiro atoms. The molecule has 7 rings (SSSR count). The number of benzene rings is 7. The Kier molecular flexibility index (Phi) is 74.7. The van der Waals surface area contributed by atoms with Crippen LogP contribution in [0.5, 0.6) is 0 Å². The molecule has 0 saturated heterocycles. The van der Waals surface area contributed by atoms with E-state index in [1.54, 1.807) is 54.4 Å². The lowest BCUT2D eigenvalue weighted by atomic mass is 10.2. The zero-order chi connectivity index (χ0) is 70.1. The van der Waals surface area contributed by atoms with Crippen LogP contribution in [0.3, 0.4) is 0 Å². The van der Waals surface area contributed by atoms with Crippen molar-refractivity contribution in [2.45, 2.75) is 115 Å². The fraction of sp³-hybridized carbons (Fsp3) is 0.338. The molecule has 0 fully saturated rings. The average Bonchev–Trinajstić information content (AvgIpc) is 3.77. The van der Waals surface area contributed by atoms with Crippen molar-refractivity contribution >= 4 is 41.7 Å². The molecular formula is C74H105NO16. The van der Waals surface area contributed by atoms with Crippen molar-refractivity contribution in [2.24, 2.45) is 0 Å². The molecule has 0 atom stereocenters. The Morgan fingerprint density at radius 1 is 0.319 bits per heavy atom. The molecule has 91 heavy (non-hydrogen) atoms. The van der Waals surface area contributed by atoms with Crippen LogP contribution in [0.2, 0.25) is 0 Å². The van der Waals surface area contributed by atoms with Crippen LogP contribution in [0.25, 0.3) is 0 Å². The minimum absolute atomic E-state index is 0.0411. The van der Waals surface area contributed by atoms with Crippen molar-refractivity contribution in [1.82, 2.24) is 5.32 Å². The van der Waals surface area contributed by atoms with Gasteiger partial charge >= 0.3 is 23.9 Å². The van der Waals surface area contributed by atoms with E-state index in [0.29, 0.717) is 38.6 Å². The smallest absolute Gasteiger partial charge is 0.302 e. The molecule has 0 saturated carbocycles. The molecule has 0 aliphatic carbocycles. The summed E-state index contributed by atoms with van der Waals surface area (Å²) in [5.41, 5.74) is 8.59. The van der Waals surface area contributed by atoms with E-state index in [0.717, 1.165) is 33.1 Å². The number of amides is 1. The minimum atomic E-state index is -0.833. The first-order chi connectivity index (χ1) is 43.5. The summed E-state index contributed by atoms with van der Waals surface area (Å²) in [5, 5.41) is 17.4. The van der Waals surface area contributed by atoms with Gasteiger partial charge < -0.3 is 48.7 Å². The summed E-state index contributed by atoms with van der Waals surface area (Å²) in [6.07, 6.45) is 3.42. The summed E-state index contributed by atoms with van der Waals surface area (Å²) in [7, 11) is 9.42. The molecule has 0 unspecified atom stereocenters. The molecule has 3 N–H and O–H groups in total. The second kappa shape index (κ2) is 73.2. The molecule has 0 radical (unpaired) electrons. The van der Waals surface area contributed by atoms with Crippen molar-refractivity contribution in [3.8, 4) is 0 Å². The number of rotatable bonds is 12. The van der Waals surface area contributed by atoms with Crippen LogP contribution in [-0.4, -0.2) is 108 Å². The highest BCUT2D eigenvalue weighted by molar-refractivity contribution is 5.93. The highest BCUT2D eigenvalue weighted by Gasteiger charge is 1.98. The predicted molar refractivity (Wildman–Crippen MR) is 365 cm³/mol. The number of methoxy groups -OCH3 is 5. The molecule has 0 heterocycles. The third-order valence-corrected chi connectivity index (χ3v) is 9.75. The van der Waals surface area contributed by atoms with E-state index in [2.05, 4.69) is 118 Å². The van der Waals surface area contributed by atoms with Gasteiger partial charge in [-0.2, -0.15) is 0 Å². The number of hydrogen-bond acceptors (Lipinski definition) is 14. The molecule has 1 amide bonds. The number of carboxylic acid groups (broad SMARTS) is 2. The molecule has 0 bridgehead atoms. The maximum Gasteiger partial charge on any atom is 0.302 e. The van der Waals surface area contributed by atoms with E-state index in [9.17, 15) is 24.0 Å². The first kappa shape index (κ1) is 92.9. The number of aryl methyl sites for hydroxylation is 3. The highest BCUT2D eigenvalue weighted by Crippen LogP contribution is 2.02. The van der Waals surface area contributed by atoms with Crippen LogP contribution in [0.1, 0.15) is 120 Å². The SMILES string of the molecule is CC(=O)O.CC(=O)O.CCOC(C)=O.CCOC(C)=O.CCc1ccccc1.CCc1ccccc1.CCc1ccccc1.CNC(=O)c1ccccc1.COC(C)=O.COC(C)=O.COCc1ccccc1.COCc1ccccc1.COCc1ccccc1. The van der Waals surface area contributed by atoms with Gasteiger partial charge in [0.05, 0.1) is 47.3 Å². The van der Waals surface area contributed by atoms with Crippen molar-refractivity contribution < 1.29 is 76.9 Å². The summed E-state index contributed by atoms with van der Waals surface area (Å²) in [6.45, 7) is 20.8. The number of ether oxygens (including phenoxy) is 7. The molecule has 0 aliphatic rings. The highest BCUT2D eigenvalue weighted by atomic mass is 16.5. The topological polar surface area (TPSA) is 237 Å². The summed E-state index contributed by atoms with van der Waals surface area (Å²) in [6, 6.07) is 70.8. The standard InChI is InChI=1S/C8H9NO.3C8H10O.3C8H10.2C4H8O2.2C3H6O2.2C2H4O2/c1-9-8(10)7-5-3-2-4-6-7;3*1-9-7-8-5-3-2-4-6-8;3*1-2-8-6-4-3-5-7-8;2*1-3-6-4(2)5;2*1-3(4)5-2;2*1-2(3)4/h2-6H,1H3,(H,9,10);3*2-6H,7H2,1H3;3*3-7H,2H2,1H3;2*3H2,1-2H3;2*1-2H3;2*1H3,(H,3,4). The van der Waals surface area contributed by atoms with Crippen molar-refractivity contribution in [2.75, 3.05) is 55.8 Å². The van der Waals surface area contributed by atoms with Crippen molar-refractivity contribution in [3.63, 3.8) is 0 Å². The third-order valence-electron chi connectivity index (χ3n) is 9.75. The molecule has 0 aromatic heterocycles. The summed E-state index contributed by atoms with van der Waals surface area (Å²) >= 11 is 0. The first-order valence-electron chi connectivity index (χ1n) is 29.2. The lowest BCUT2D eigenvalue weighted by Crippen LogP contribution is -2.17. The van der Waals surface area contributed by atoms with Gasteiger partial charge in [-0.05, 0) is 78.6 Å². The largest absolute Gasteiger partial charge is 0.481 e. The Balaban J connectivity index is -0.000000217.